The third-order valence-corrected chi connectivity index (χ3v) is 6.54. The van der Waals surface area contributed by atoms with Crippen molar-refractivity contribution in [1.82, 2.24) is 10.2 Å². The number of aryl methyl sites for hydroxylation is 1. The number of benzene rings is 2. The molecule has 1 fully saturated rings. The van der Waals surface area contributed by atoms with Crippen LogP contribution in [0.5, 0.6) is 0 Å². The first-order valence-corrected chi connectivity index (χ1v) is 11.2. The Labute approximate surface area is 188 Å². The summed E-state index contributed by atoms with van der Waals surface area (Å²) in [5, 5.41) is 6.03. The number of hydrogen-bond donors (Lipinski definition) is 2. The van der Waals surface area contributed by atoms with Crippen molar-refractivity contribution in [3.05, 3.63) is 58.1 Å². The minimum atomic E-state index is -0.680. The van der Waals surface area contributed by atoms with Gasteiger partial charge in [-0.25, -0.2) is 0 Å². The van der Waals surface area contributed by atoms with E-state index in [-0.39, 0.29) is 6.04 Å². The van der Waals surface area contributed by atoms with E-state index in [1.54, 1.807) is 12.1 Å². The predicted molar refractivity (Wildman–Crippen MR) is 125 cm³/mol. The van der Waals surface area contributed by atoms with E-state index in [1.165, 1.54) is 16.8 Å². The Hall–Kier alpha value is -2.57. The number of nitrogens with one attached hydrogen (secondary N) is 2. The van der Waals surface area contributed by atoms with Crippen molar-refractivity contribution in [2.45, 2.75) is 32.2 Å². The van der Waals surface area contributed by atoms with Crippen LogP contribution in [0, 0.1) is 6.92 Å². The van der Waals surface area contributed by atoms with Crippen molar-refractivity contribution >= 4 is 34.8 Å². The number of rotatable bonds is 5. The third-order valence-electron chi connectivity index (χ3n) is 6.31. The van der Waals surface area contributed by atoms with E-state index >= 15 is 0 Å². The summed E-state index contributed by atoms with van der Waals surface area (Å²) < 4.78 is 0. The molecule has 2 aromatic carbocycles. The van der Waals surface area contributed by atoms with Crippen LogP contribution in [0.4, 0.5) is 11.4 Å². The SMILES string of the molecule is Cc1ccc(Cl)cc1NC(=O)C(=O)NC[C@@H](c1ccc2c(c1)CCN2C)N1CCCC1. The molecule has 1 atom stereocenters. The Morgan fingerprint density at radius 3 is 2.61 bits per heavy atom. The molecule has 0 radical (unpaired) electrons. The van der Waals surface area contributed by atoms with Crippen LogP contribution in [0.1, 0.15) is 35.6 Å². The first kappa shape index (κ1) is 21.7. The molecule has 31 heavy (non-hydrogen) atoms. The van der Waals surface area contributed by atoms with Crippen LogP contribution >= 0.6 is 11.6 Å². The molecule has 6 nitrogen and oxygen atoms in total. The van der Waals surface area contributed by atoms with Crippen molar-refractivity contribution in [3.8, 4) is 0 Å². The summed E-state index contributed by atoms with van der Waals surface area (Å²) in [6.45, 7) is 5.30. The van der Waals surface area contributed by atoms with Crippen LogP contribution in [0.15, 0.2) is 36.4 Å². The Balaban J connectivity index is 1.45. The zero-order chi connectivity index (χ0) is 22.0. The fraction of sp³-hybridized carbons (Fsp3) is 0.417. The van der Waals surface area contributed by atoms with Gasteiger partial charge in [0.25, 0.3) is 0 Å². The standard InChI is InChI=1S/C24H29ClN4O2/c1-16-5-7-19(25)14-20(16)27-24(31)23(30)26-15-22(29-10-3-4-11-29)17-6-8-21-18(13-17)9-12-28(21)2/h5-8,13-14,22H,3-4,9-12,15H2,1-2H3,(H,26,30)(H,27,31)/t22-/m0/s1. The van der Waals surface area contributed by atoms with Gasteiger partial charge < -0.3 is 15.5 Å². The third kappa shape index (κ3) is 4.86. The molecule has 2 heterocycles. The number of fused-ring (bicyclic) bond motifs is 1. The van der Waals surface area contributed by atoms with Crippen molar-refractivity contribution in [1.29, 1.82) is 0 Å². The fourth-order valence-electron chi connectivity index (χ4n) is 4.48. The molecular formula is C24H29ClN4O2. The summed E-state index contributed by atoms with van der Waals surface area (Å²) in [7, 11) is 2.12. The molecular weight excluding hydrogens is 412 g/mol. The molecule has 4 rings (SSSR count). The number of carbonyl (C=O) groups is 2. The minimum Gasteiger partial charge on any atom is -0.374 e. The highest BCUT2D eigenvalue weighted by atomic mass is 35.5. The van der Waals surface area contributed by atoms with Gasteiger partial charge in [0.05, 0.1) is 6.04 Å². The van der Waals surface area contributed by atoms with E-state index in [0.717, 1.165) is 44.5 Å². The number of halogens is 1. The Kier molecular flexibility index (Phi) is 6.49. The summed E-state index contributed by atoms with van der Waals surface area (Å²) in [5.41, 5.74) is 5.23. The lowest BCUT2D eigenvalue weighted by atomic mass is 10.0. The van der Waals surface area contributed by atoms with Crippen LogP contribution in [0.3, 0.4) is 0 Å². The van der Waals surface area contributed by atoms with Gasteiger partial charge in [0.15, 0.2) is 0 Å². The van der Waals surface area contributed by atoms with Gasteiger partial charge in [-0.15, -0.1) is 0 Å². The summed E-state index contributed by atoms with van der Waals surface area (Å²) in [5.74, 6) is -1.31. The highest BCUT2D eigenvalue weighted by molar-refractivity contribution is 6.40. The lowest BCUT2D eigenvalue weighted by Gasteiger charge is -2.28. The summed E-state index contributed by atoms with van der Waals surface area (Å²) >= 11 is 6.01. The van der Waals surface area contributed by atoms with E-state index in [0.29, 0.717) is 17.3 Å². The van der Waals surface area contributed by atoms with Gasteiger partial charge in [0.2, 0.25) is 0 Å². The molecule has 164 valence electrons. The maximum Gasteiger partial charge on any atom is 0.313 e. The molecule has 0 aliphatic carbocycles. The molecule has 0 saturated carbocycles. The molecule has 2 amide bonds. The largest absolute Gasteiger partial charge is 0.374 e. The van der Waals surface area contributed by atoms with Gasteiger partial charge in [-0.05, 0) is 74.2 Å². The Morgan fingerprint density at radius 1 is 1.06 bits per heavy atom. The van der Waals surface area contributed by atoms with Gasteiger partial charge in [-0.1, -0.05) is 29.8 Å². The molecule has 2 aliphatic rings. The monoisotopic (exact) mass is 440 g/mol. The Morgan fingerprint density at radius 2 is 1.84 bits per heavy atom. The van der Waals surface area contributed by atoms with Gasteiger partial charge in [-0.2, -0.15) is 0 Å². The zero-order valence-corrected chi connectivity index (χ0v) is 18.8. The van der Waals surface area contributed by atoms with Gasteiger partial charge in [-0.3, -0.25) is 14.5 Å². The van der Waals surface area contributed by atoms with Crippen LogP contribution in [-0.2, 0) is 16.0 Å². The minimum absolute atomic E-state index is 0.0587. The van der Waals surface area contributed by atoms with Crippen LogP contribution in [0.2, 0.25) is 5.02 Å². The van der Waals surface area contributed by atoms with Crippen LogP contribution in [0.25, 0.3) is 0 Å². The average molecular weight is 441 g/mol. The quantitative estimate of drug-likeness (QED) is 0.698. The normalized spacial score (nSPS) is 16.8. The topological polar surface area (TPSA) is 64.7 Å². The fourth-order valence-corrected chi connectivity index (χ4v) is 4.65. The smallest absolute Gasteiger partial charge is 0.313 e. The number of nitrogens with zero attached hydrogens (tertiary/aromatic N) is 2. The van der Waals surface area contributed by atoms with Crippen LogP contribution in [-0.4, -0.2) is 49.9 Å². The van der Waals surface area contributed by atoms with E-state index < -0.39 is 11.8 Å². The molecule has 0 bridgehead atoms. The highest BCUT2D eigenvalue weighted by Gasteiger charge is 2.27. The maximum atomic E-state index is 12.5. The van der Waals surface area contributed by atoms with E-state index in [4.69, 9.17) is 11.6 Å². The highest BCUT2D eigenvalue weighted by Crippen LogP contribution is 2.32. The van der Waals surface area contributed by atoms with Gasteiger partial charge in [0, 0.05) is 36.5 Å². The second-order valence-electron chi connectivity index (χ2n) is 8.44. The van der Waals surface area contributed by atoms with E-state index in [9.17, 15) is 9.59 Å². The van der Waals surface area contributed by atoms with E-state index in [2.05, 4.69) is 45.7 Å². The Bertz CT molecular complexity index is 988. The number of likely N-dealkylation sites (N-methyl/N-ethyl adjacent to an activating group) is 1. The molecule has 1 saturated heterocycles. The first-order chi connectivity index (χ1) is 14.9. The number of likely N-dealkylation sites (tertiary alicyclic amines) is 1. The summed E-state index contributed by atoms with van der Waals surface area (Å²) in [4.78, 5) is 29.7. The lowest BCUT2D eigenvalue weighted by molar-refractivity contribution is -0.136. The zero-order valence-electron chi connectivity index (χ0n) is 18.1. The van der Waals surface area contributed by atoms with Gasteiger partial charge in [0.1, 0.15) is 0 Å². The second kappa shape index (κ2) is 9.28. The maximum absolute atomic E-state index is 12.5. The molecule has 2 N–H and O–H groups in total. The van der Waals surface area contributed by atoms with Crippen LogP contribution < -0.4 is 15.5 Å². The molecule has 0 spiro atoms. The molecule has 7 heteroatoms. The van der Waals surface area contributed by atoms with Gasteiger partial charge >= 0.3 is 11.8 Å². The predicted octanol–water partition coefficient (Wildman–Crippen LogP) is 3.53. The number of carbonyl (C=O) groups excluding carboxylic acids is 2. The summed E-state index contributed by atoms with van der Waals surface area (Å²) in [6, 6.07) is 11.9. The van der Waals surface area contributed by atoms with E-state index in [1.807, 2.05) is 13.0 Å². The first-order valence-electron chi connectivity index (χ1n) is 10.9. The van der Waals surface area contributed by atoms with Crippen molar-refractivity contribution < 1.29 is 9.59 Å². The number of hydrogen-bond acceptors (Lipinski definition) is 4. The van der Waals surface area contributed by atoms with Crippen molar-refractivity contribution in [3.63, 3.8) is 0 Å². The number of anilines is 2. The average Bonchev–Trinajstić information content (AvgIpc) is 3.41. The van der Waals surface area contributed by atoms with Crippen molar-refractivity contribution in [2.24, 2.45) is 0 Å². The molecule has 0 unspecified atom stereocenters. The summed E-state index contributed by atoms with van der Waals surface area (Å²) in [6.07, 6.45) is 3.36. The lowest BCUT2D eigenvalue weighted by Crippen LogP contribution is -2.41. The molecule has 2 aliphatic heterocycles. The van der Waals surface area contributed by atoms with Crippen molar-refractivity contribution in [2.75, 3.05) is 43.4 Å². The number of amides is 2. The molecule has 2 aromatic rings. The second-order valence-corrected chi connectivity index (χ2v) is 8.88. The molecule has 0 aromatic heterocycles.